The molecule has 2 nitrogen and oxygen atoms in total. The maximum Gasteiger partial charge on any atom is 0.126 e. The zero-order chi connectivity index (χ0) is 11.3. The first-order valence-corrected chi connectivity index (χ1v) is 5.86. The molecule has 1 rings (SSSR count). The van der Waals surface area contributed by atoms with Gasteiger partial charge in [0.2, 0.25) is 0 Å². The Morgan fingerprint density at radius 2 is 2.00 bits per heavy atom. The van der Waals surface area contributed by atoms with Gasteiger partial charge in [-0.1, -0.05) is 26.7 Å². The van der Waals surface area contributed by atoms with E-state index in [9.17, 15) is 0 Å². The Morgan fingerprint density at radius 3 is 2.53 bits per heavy atom. The lowest BCUT2D eigenvalue weighted by atomic mass is 9.95. The molecule has 0 fully saturated rings. The summed E-state index contributed by atoms with van der Waals surface area (Å²) < 4.78 is 0. The number of aryl methyl sites for hydroxylation is 1. The van der Waals surface area contributed by atoms with Gasteiger partial charge < -0.3 is 5.32 Å². The molecule has 1 N–H and O–H groups in total. The third-order valence-corrected chi connectivity index (χ3v) is 3.05. The summed E-state index contributed by atoms with van der Waals surface area (Å²) in [6.07, 6.45) is 4.30. The number of nitrogens with zero attached hydrogens (tertiary/aromatic N) is 1. The summed E-state index contributed by atoms with van der Waals surface area (Å²) in [5, 5.41) is 3.47. The third-order valence-electron chi connectivity index (χ3n) is 3.05. The van der Waals surface area contributed by atoms with Gasteiger partial charge in [-0.15, -0.1) is 0 Å². The molecule has 1 atom stereocenters. The standard InChI is InChI=1S/C13H22N2/c1-5-12(6-2)11(4)15-13-9-10(3)7-8-14-13/h7-9,11-12H,5-6H2,1-4H3,(H,14,15). The lowest BCUT2D eigenvalue weighted by Crippen LogP contribution is -2.25. The van der Waals surface area contributed by atoms with E-state index in [1.54, 1.807) is 0 Å². The second kappa shape index (κ2) is 5.74. The van der Waals surface area contributed by atoms with Crippen LogP contribution in [0.15, 0.2) is 18.3 Å². The fourth-order valence-corrected chi connectivity index (χ4v) is 1.96. The Bertz CT molecular complexity index is 292. The van der Waals surface area contributed by atoms with Crippen molar-refractivity contribution in [2.24, 2.45) is 5.92 Å². The highest BCUT2D eigenvalue weighted by Gasteiger charge is 2.13. The molecule has 0 aromatic carbocycles. The summed E-state index contributed by atoms with van der Waals surface area (Å²) in [4.78, 5) is 4.32. The molecule has 15 heavy (non-hydrogen) atoms. The highest BCUT2D eigenvalue weighted by Crippen LogP contribution is 2.17. The molecule has 1 aromatic rings. The van der Waals surface area contributed by atoms with Crippen LogP contribution < -0.4 is 5.32 Å². The summed E-state index contributed by atoms with van der Waals surface area (Å²) in [5.41, 5.74) is 1.25. The van der Waals surface area contributed by atoms with E-state index >= 15 is 0 Å². The average Bonchev–Trinajstić information content (AvgIpc) is 2.19. The molecule has 0 spiro atoms. The van der Waals surface area contributed by atoms with Gasteiger partial charge in [0.1, 0.15) is 5.82 Å². The van der Waals surface area contributed by atoms with Crippen LogP contribution in [0.2, 0.25) is 0 Å². The Hall–Kier alpha value is -1.05. The van der Waals surface area contributed by atoms with Gasteiger partial charge in [0.25, 0.3) is 0 Å². The number of hydrogen-bond donors (Lipinski definition) is 1. The first-order valence-electron chi connectivity index (χ1n) is 5.86. The first kappa shape index (κ1) is 12.0. The topological polar surface area (TPSA) is 24.9 Å². The van der Waals surface area contributed by atoms with Crippen molar-refractivity contribution in [3.8, 4) is 0 Å². The SMILES string of the molecule is CCC(CC)C(C)Nc1cc(C)ccn1. The number of rotatable bonds is 5. The first-order chi connectivity index (χ1) is 7.17. The number of aromatic nitrogens is 1. The second-order valence-electron chi connectivity index (χ2n) is 4.23. The predicted molar refractivity (Wildman–Crippen MR) is 66.1 cm³/mol. The van der Waals surface area contributed by atoms with Crippen LogP contribution in [-0.2, 0) is 0 Å². The van der Waals surface area contributed by atoms with Gasteiger partial charge in [-0.05, 0) is 37.5 Å². The zero-order valence-corrected chi connectivity index (χ0v) is 10.2. The maximum atomic E-state index is 4.32. The summed E-state index contributed by atoms with van der Waals surface area (Å²) in [5.74, 6) is 1.72. The lowest BCUT2D eigenvalue weighted by Gasteiger charge is -2.23. The number of nitrogens with one attached hydrogen (secondary N) is 1. The van der Waals surface area contributed by atoms with Crippen LogP contribution in [0.3, 0.4) is 0 Å². The minimum absolute atomic E-state index is 0.495. The fraction of sp³-hybridized carbons (Fsp3) is 0.615. The molecule has 0 aliphatic rings. The van der Waals surface area contributed by atoms with Crippen molar-refractivity contribution < 1.29 is 0 Å². The van der Waals surface area contributed by atoms with Gasteiger partial charge in [-0.2, -0.15) is 0 Å². The van der Waals surface area contributed by atoms with Crippen LogP contribution in [0.4, 0.5) is 5.82 Å². The molecule has 1 unspecified atom stereocenters. The summed E-state index contributed by atoms with van der Waals surface area (Å²) >= 11 is 0. The smallest absolute Gasteiger partial charge is 0.126 e. The van der Waals surface area contributed by atoms with Gasteiger partial charge in [-0.25, -0.2) is 4.98 Å². The number of hydrogen-bond acceptors (Lipinski definition) is 2. The van der Waals surface area contributed by atoms with Crippen LogP contribution in [0.25, 0.3) is 0 Å². The van der Waals surface area contributed by atoms with Crippen LogP contribution in [0.5, 0.6) is 0 Å². The molecule has 84 valence electrons. The summed E-state index contributed by atoms with van der Waals surface area (Å²) in [6, 6.07) is 4.61. The van der Waals surface area contributed by atoms with Crippen LogP contribution >= 0.6 is 0 Å². The lowest BCUT2D eigenvalue weighted by molar-refractivity contribution is 0.437. The van der Waals surface area contributed by atoms with Gasteiger partial charge >= 0.3 is 0 Å². The highest BCUT2D eigenvalue weighted by molar-refractivity contribution is 5.37. The zero-order valence-electron chi connectivity index (χ0n) is 10.2. The van der Waals surface area contributed by atoms with Gasteiger partial charge in [0, 0.05) is 12.2 Å². The van der Waals surface area contributed by atoms with Gasteiger partial charge in [0.15, 0.2) is 0 Å². The van der Waals surface area contributed by atoms with Crippen molar-refractivity contribution in [2.75, 3.05) is 5.32 Å². The molecular formula is C13H22N2. The highest BCUT2D eigenvalue weighted by atomic mass is 15.0. The van der Waals surface area contributed by atoms with Crippen LogP contribution in [-0.4, -0.2) is 11.0 Å². The molecule has 1 aromatic heterocycles. The van der Waals surface area contributed by atoms with Crippen molar-refractivity contribution in [2.45, 2.75) is 46.6 Å². The summed E-state index contributed by atoms with van der Waals surface area (Å²) in [6.45, 7) is 8.82. The molecule has 0 saturated carbocycles. The van der Waals surface area contributed by atoms with Crippen molar-refractivity contribution in [3.63, 3.8) is 0 Å². The normalized spacial score (nSPS) is 12.9. The van der Waals surface area contributed by atoms with E-state index in [1.807, 2.05) is 12.3 Å². The van der Waals surface area contributed by atoms with E-state index in [4.69, 9.17) is 0 Å². The van der Waals surface area contributed by atoms with E-state index in [1.165, 1.54) is 18.4 Å². The monoisotopic (exact) mass is 206 g/mol. The molecule has 0 amide bonds. The summed E-state index contributed by atoms with van der Waals surface area (Å²) in [7, 11) is 0. The second-order valence-corrected chi connectivity index (χ2v) is 4.23. The van der Waals surface area contributed by atoms with E-state index < -0.39 is 0 Å². The van der Waals surface area contributed by atoms with Crippen molar-refractivity contribution >= 4 is 5.82 Å². The van der Waals surface area contributed by atoms with E-state index in [0.29, 0.717) is 6.04 Å². The molecule has 0 saturated heterocycles. The van der Waals surface area contributed by atoms with E-state index in [-0.39, 0.29) is 0 Å². The molecule has 0 radical (unpaired) electrons. The molecule has 0 aliphatic carbocycles. The number of anilines is 1. The van der Waals surface area contributed by atoms with Crippen LogP contribution in [0, 0.1) is 12.8 Å². The minimum Gasteiger partial charge on any atom is -0.367 e. The van der Waals surface area contributed by atoms with Crippen molar-refractivity contribution in [3.05, 3.63) is 23.9 Å². The van der Waals surface area contributed by atoms with Crippen LogP contribution in [0.1, 0.15) is 39.2 Å². The number of pyridine rings is 1. The quantitative estimate of drug-likeness (QED) is 0.795. The Labute approximate surface area is 93.1 Å². The fourth-order valence-electron chi connectivity index (χ4n) is 1.96. The molecule has 0 aliphatic heterocycles. The van der Waals surface area contributed by atoms with E-state index in [2.05, 4.69) is 44.1 Å². The van der Waals surface area contributed by atoms with Gasteiger partial charge in [-0.3, -0.25) is 0 Å². The molecule has 2 heteroatoms. The Kier molecular flexibility index (Phi) is 4.60. The largest absolute Gasteiger partial charge is 0.367 e. The predicted octanol–water partition coefficient (Wildman–Crippen LogP) is 3.63. The Morgan fingerprint density at radius 1 is 1.33 bits per heavy atom. The van der Waals surface area contributed by atoms with Gasteiger partial charge in [0.05, 0.1) is 0 Å². The molecular weight excluding hydrogens is 184 g/mol. The maximum absolute atomic E-state index is 4.32. The third kappa shape index (κ3) is 3.54. The van der Waals surface area contributed by atoms with E-state index in [0.717, 1.165) is 11.7 Å². The molecule has 1 heterocycles. The Balaban J connectivity index is 2.61. The molecule has 0 bridgehead atoms. The van der Waals surface area contributed by atoms with Crippen molar-refractivity contribution in [1.82, 2.24) is 4.98 Å². The minimum atomic E-state index is 0.495. The average molecular weight is 206 g/mol. The van der Waals surface area contributed by atoms with Crippen molar-refractivity contribution in [1.29, 1.82) is 0 Å².